The number of nitrogens with one attached hydrogen (secondary N) is 1. The molecule has 0 aromatic heterocycles. The molecule has 1 aromatic carbocycles. The van der Waals surface area contributed by atoms with E-state index in [9.17, 15) is 18.0 Å². The van der Waals surface area contributed by atoms with Gasteiger partial charge in [-0.3, -0.25) is 0 Å². The van der Waals surface area contributed by atoms with E-state index in [1.165, 1.54) is 0 Å². The van der Waals surface area contributed by atoms with Gasteiger partial charge in [-0.25, -0.2) is 4.79 Å². The third-order valence-corrected chi connectivity index (χ3v) is 3.90. The van der Waals surface area contributed by atoms with Gasteiger partial charge in [0.25, 0.3) is 0 Å². The molecule has 1 heterocycles. The van der Waals surface area contributed by atoms with Crippen LogP contribution in [0.5, 0.6) is 11.5 Å². The summed E-state index contributed by atoms with van der Waals surface area (Å²) in [4.78, 5) is 20.5. The number of para-hydroxylation sites is 1. The van der Waals surface area contributed by atoms with Gasteiger partial charge in [-0.1, -0.05) is 12.1 Å². The van der Waals surface area contributed by atoms with E-state index in [-0.39, 0.29) is 0 Å². The summed E-state index contributed by atoms with van der Waals surface area (Å²) < 4.78 is 42.5. The molecule has 140 valence electrons. The van der Waals surface area contributed by atoms with Crippen molar-refractivity contribution in [1.82, 2.24) is 5.32 Å². The lowest BCUT2D eigenvalue weighted by molar-refractivity contribution is -0.192. The highest BCUT2D eigenvalue weighted by Crippen LogP contribution is 2.41. The summed E-state index contributed by atoms with van der Waals surface area (Å²) in [7, 11) is 3.22. The number of aliphatic carboxylic acids is 1. The van der Waals surface area contributed by atoms with Gasteiger partial charge in [0.2, 0.25) is 0 Å². The van der Waals surface area contributed by atoms with E-state index < -0.39 is 17.6 Å². The van der Waals surface area contributed by atoms with Gasteiger partial charge >= 0.3 is 12.1 Å². The van der Waals surface area contributed by atoms with E-state index in [0.29, 0.717) is 11.5 Å². The molecule has 0 amide bonds. The Balaban J connectivity index is 0.000000381. The highest BCUT2D eigenvalue weighted by molar-refractivity contribution is 5.73. The predicted octanol–water partition coefficient (Wildman–Crippen LogP) is 2.16. The largest absolute Gasteiger partial charge is 0.493 e. The molecule has 1 fully saturated rings. The fraction of sp³-hybridized carbons (Fsp3) is 0.500. The molecule has 0 unspecified atom stereocenters. The maximum Gasteiger partial charge on any atom is 0.490 e. The number of aldehydes is 1. The van der Waals surface area contributed by atoms with E-state index >= 15 is 0 Å². The summed E-state index contributed by atoms with van der Waals surface area (Å²) in [5.74, 6) is -1.41. The van der Waals surface area contributed by atoms with Crippen molar-refractivity contribution in [1.29, 1.82) is 0 Å². The highest BCUT2D eigenvalue weighted by atomic mass is 19.4. The molecule has 1 saturated heterocycles. The SMILES string of the molecule is COc1cccc(C2(C=O)CCNCC2)c1OC.O=C(O)C(F)(F)F. The first kappa shape index (κ1) is 20.8. The average molecular weight is 363 g/mol. The number of benzene rings is 1. The lowest BCUT2D eigenvalue weighted by Crippen LogP contribution is -2.41. The van der Waals surface area contributed by atoms with Gasteiger partial charge in [-0.2, -0.15) is 13.2 Å². The third kappa shape index (κ3) is 5.09. The molecule has 1 aliphatic heterocycles. The smallest absolute Gasteiger partial charge is 0.490 e. The monoisotopic (exact) mass is 363 g/mol. The maximum atomic E-state index is 11.6. The third-order valence-electron chi connectivity index (χ3n) is 3.90. The van der Waals surface area contributed by atoms with Crippen molar-refractivity contribution in [2.75, 3.05) is 27.3 Å². The van der Waals surface area contributed by atoms with Crippen LogP contribution in [0.4, 0.5) is 13.2 Å². The Bertz CT molecular complexity index is 598. The van der Waals surface area contributed by atoms with Crippen LogP contribution in [0.3, 0.4) is 0 Å². The highest BCUT2D eigenvalue weighted by Gasteiger charge is 2.38. The quantitative estimate of drug-likeness (QED) is 0.798. The minimum atomic E-state index is -5.08. The number of carbonyl (C=O) groups is 2. The molecule has 1 aromatic rings. The number of ether oxygens (including phenoxy) is 2. The Morgan fingerprint density at radius 1 is 1.24 bits per heavy atom. The Kier molecular flexibility index (Phi) is 7.22. The topological polar surface area (TPSA) is 84.9 Å². The molecular formula is C16H20F3NO5. The molecule has 1 aliphatic rings. The van der Waals surface area contributed by atoms with Crippen molar-refractivity contribution in [3.05, 3.63) is 23.8 Å². The zero-order valence-electron chi connectivity index (χ0n) is 13.9. The number of halogens is 3. The minimum Gasteiger partial charge on any atom is -0.493 e. The number of piperidine rings is 1. The Morgan fingerprint density at radius 3 is 2.20 bits per heavy atom. The van der Waals surface area contributed by atoms with Gasteiger partial charge in [0.1, 0.15) is 6.29 Å². The van der Waals surface area contributed by atoms with E-state index in [2.05, 4.69) is 5.32 Å². The molecule has 2 N–H and O–H groups in total. The van der Waals surface area contributed by atoms with Crippen LogP contribution < -0.4 is 14.8 Å². The van der Waals surface area contributed by atoms with Gasteiger partial charge in [-0.15, -0.1) is 0 Å². The number of methoxy groups -OCH3 is 2. The minimum absolute atomic E-state index is 0.453. The molecular weight excluding hydrogens is 343 g/mol. The van der Waals surface area contributed by atoms with Crippen molar-refractivity contribution >= 4 is 12.3 Å². The molecule has 6 nitrogen and oxygen atoms in total. The van der Waals surface area contributed by atoms with Crippen molar-refractivity contribution in [3.8, 4) is 11.5 Å². The summed E-state index contributed by atoms with van der Waals surface area (Å²) in [6.45, 7) is 1.69. The van der Waals surface area contributed by atoms with Crippen molar-refractivity contribution in [2.45, 2.75) is 24.4 Å². The maximum absolute atomic E-state index is 11.6. The molecule has 2 rings (SSSR count). The first-order valence-corrected chi connectivity index (χ1v) is 7.40. The van der Waals surface area contributed by atoms with Crippen LogP contribution in [0.15, 0.2) is 18.2 Å². The van der Waals surface area contributed by atoms with E-state index in [1.54, 1.807) is 14.2 Å². The predicted molar refractivity (Wildman–Crippen MR) is 83.1 cm³/mol. The van der Waals surface area contributed by atoms with Gasteiger partial charge < -0.3 is 24.7 Å². The molecule has 0 spiro atoms. The number of rotatable bonds is 4. The standard InChI is InChI=1S/C14H19NO3.C2HF3O2/c1-17-12-5-3-4-11(13(12)18-2)14(10-16)6-8-15-9-7-14;3-2(4,5)1(6)7/h3-5,10,15H,6-9H2,1-2H3;(H,6,7). The van der Waals surface area contributed by atoms with E-state index in [4.69, 9.17) is 19.4 Å². The Morgan fingerprint density at radius 2 is 1.80 bits per heavy atom. The fourth-order valence-corrected chi connectivity index (χ4v) is 2.60. The Hall–Kier alpha value is -2.29. The summed E-state index contributed by atoms with van der Waals surface area (Å²) in [6.07, 6.45) is -2.44. The van der Waals surface area contributed by atoms with Crippen LogP contribution in [0.25, 0.3) is 0 Å². The van der Waals surface area contributed by atoms with E-state index in [1.807, 2.05) is 18.2 Å². The number of carboxylic acids is 1. The molecule has 0 aliphatic carbocycles. The van der Waals surface area contributed by atoms with Crippen molar-refractivity contribution in [3.63, 3.8) is 0 Å². The van der Waals surface area contributed by atoms with Gasteiger partial charge in [0, 0.05) is 5.56 Å². The zero-order valence-corrected chi connectivity index (χ0v) is 13.9. The summed E-state index contributed by atoms with van der Waals surface area (Å²) in [5, 5.41) is 10.4. The lowest BCUT2D eigenvalue weighted by atomic mass is 9.74. The number of hydrogen-bond donors (Lipinski definition) is 2. The summed E-state index contributed by atoms with van der Waals surface area (Å²) in [6, 6.07) is 5.72. The second kappa shape index (κ2) is 8.70. The number of alkyl halides is 3. The summed E-state index contributed by atoms with van der Waals surface area (Å²) >= 11 is 0. The lowest BCUT2D eigenvalue weighted by Gasteiger charge is -2.34. The second-order valence-electron chi connectivity index (χ2n) is 5.37. The van der Waals surface area contributed by atoms with Crippen molar-refractivity contribution in [2.24, 2.45) is 0 Å². The number of carbonyl (C=O) groups excluding carboxylic acids is 1. The summed E-state index contributed by atoms with van der Waals surface area (Å²) in [5.41, 5.74) is 0.478. The molecule has 9 heteroatoms. The van der Waals surface area contributed by atoms with Crippen molar-refractivity contribution < 1.29 is 37.3 Å². The molecule has 25 heavy (non-hydrogen) atoms. The normalized spacial score (nSPS) is 16.2. The molecule has 0 radical (unpaired) electrons. The van der Waals surface area contributed by atoms with Gasteiger partial charge in [0.15, 0.2) is 11.5 Å². The molecule has 0 atom stereocenters. The van der Waals surface area contributed by atoms with Gasteiger partial charge in [-0.05, 0) is 32.0 Å². The first-order valence-electron chi connectivity index (χ1n) is 7.40. The van der Waals surface area contributed by atoms with E-state index in [0.717, 1.165) is 37.8 Å². The number of carboxylic acid groups (broad SMARTS) is 1. The molecule has 0 bridgehead atoms. The van der Waals surface area contributed by atoms with Crippen LogP contribution >= 0.6 is 0 Å². The fourth-order valence-electron chi connectivity index (χ4n) is 2.60. The van der Waals surface area contributed by atoms with Crippen LogP contribution in [0.2, 0.25) is 0 Å². The zero-order chi connectivity index (χ0) is 19.1. The Labute approximate surface area is 142 Å². The molecule has 0 saturated carbocycles. The first-order chi connectivity index (χ1) is 11.7. The van der Waals surface area contributed by atoms with Gasteiger partial charge in [0.05, 0.1) is 19.6 Å². The second-order valence-corrected chi connectivity index (χ2v) is 5.37. The van der Waals surface area contributed by atoms with Crippen LogP contribution in [-0.2, 0) is 15.0 Å². The number of hydrogen-bond acceptors (Lipinski definition) is 5. The van der Waals surface area contributed by atoms with Crippen LogP contribution in [-0.4, -0.2) is 50.8 Å². The van der Waals surface area contributed by atoms with Crippen LogP contribution in [0.1, 0.15) is 18.4 Å². The average Bonchev–Trinajstić information content (AvgIpc) is 2.61. The van der Waals surface area contributed by atoms with Crippen LogP contribution in [0, 0.1) is 0 Å².